The van der Waals surface area contributed by atoms with E-state index in [0.29, 0.717) is 26.1 Å². The van der Waals surface area contributed by atoms with Gasteiger partial charge in [-0.05, 0) is 35.4 Å². The average Bonchev–Trinajstić information content (AvgIpc) is 3.66. The number of fused-ring (bicyclic) bond motifs is 2. The van der Waals surface area contributed by atoms with Crippen molar-refractivity contribution >= 4 is 22.7 Å². The van der Waals surface area contributed by atoms with Crippen LogP contribution in [0.25, 0.3) is 10.9 Å². The summed E-state index contributed by atoms with van der Waals surface area (Å²) in [6, 6.07) is 13.8. The van der Waals surface area contributed by atoms with Crippen molar-refractivity contribution in [3.05, 3.63) is 71.6 Å². The van der Waals surface area contributed by atoms with Crippen LogP contribution in [0.1, 0.15) is 35.2 Å². The first-order valence-corrected chi connectivity index (χ1v) is 14.7. The van der Waals surface area contributed by atoms with Gasteiger partial charge in [0.15, 0.2) is 17.3 Å². The molecule has 3 aromatic rings. The lowest BCUT2D eigenvalue weighted by molar-refractivity contribution is -0.157. The van der Waals surface area contributed by atoms with Crippen LogP contribution < -0.4 is 9.47 Å². The minimum Gasteiger partial charge on any atom is -0.459 e. The molecule has 1 N–H and O–H groups in total. The number of carbonyl (C=O) groups excluding carboxylic acids is 2. The summed E-state index contributed by atoms with van der Waals surface area (Å²) >= 11 is 0. The normalized spacial score (nSPS) is 20.2. The number of allylic oxidation sites excluding steroid dienone is 1. The number of aliphatic hydroxyl groups is 1. The Morgan fingerprint density at radius 2 is 1.81 bits per heavy atom. The van der Waals surface area contributed by atoms with Crippen LogP contribution in [0.15, 0.2) is 60.5 Å². The summed E-state index contributed by atoms with van der Waals surface area (Å²) < 4.78 is 30.0. The van der Waals surface area contributed by atoms with Crippen molar-refractivity contribution in [3.8, 4) is 11.5 Å². The molecule has 228 valence electrons. The summed E-state index contributed by atoms with van der Waals surface area (Å²) in [6.45, 7) is 5.86. The zero-order valence-corrected chi connectivity index (χ0v) is 24.3. The van der Waals surface area contributed by atoms with Gasteiger partial charge in [0.05, 0.1) is 31.9 Å². The summed E-state index contributed by atoms with van der Waals surface area (Å²) in [5.74, 6) is 1.33. The fraction of sp³-hybridized carbons (Fsp3) is 0.438. The van der Waals surface area contributed by atoms with Gasteiger partial charge in [-0.25, -0.2) is 0 Å². The fourth-order valence-corrected chi connectivity index (χ4v) is 5.86. The highest BCUT2D eigenvalue weighted by molar-refractivity contribution is 5.95. The summed E-state index contributed by atoms with van der Waals surface area (Å²) in [4.78, 5) is 30.3. The smallest absolute Gasteiger partial charge is 0.288 e. The molecule has 43 heavy (non-hydrogen) atoms. The van der Waals surface area contributed by atoms with Crippen molar-refractivity contribution in [1.29, 1.82) is 0 Å². The van der Waals surface area contributed by atoms with Gasteiger partial charge in [0.2, 0.25) is 19.0 Å². The molecule has 1 aromatic heterocycles. The molecule has 11 nitrogen and oxygen atoms in total. The molecule has 6 rings (SSSR count). The third-order valence-electron chi connectivity index (χ3n) is 8.02. The number of aliphatic hydroxyl groups excluding tert-OH is 1. The third-order valence-corrected chi connectivity index (χ3v) is 8.02. The van der Waals surface area contributed by atoms with E-state index in [9.17, 15) is 9.59 Å². The second-order valence-corrected chi connectivity index (χ2v) is 10.9. The molecule has 2 aromatic carbocycles. The first-order chi connectivity index (χ1) is 21.0. The van der Waals surface area contributed by atoms with E-state index in [1.54, 1.807) is 4.57 Å². The number of benzene rings is 2. The molecule has 11 heteroatoms. The number of para-hydroxylation sites is 1. The van der Waals surface area contributed by atoms with E-state index >= 15 is 0 Å². The number of hydrogen-bond donors (Lipinski definition) is 1. The maximum atomic E-state index is 13.8. The van der Waals surface area contributed by atoms with Crippen LogP contribution in [-0.2, 0) is 25.5 Å². The Morgan fingerprint density at radius 1 is 1.00 bits per heavy atom. The molecule has 2 atom stereocenters. The summed E-state index contributed by atoms with van der Waals surface area (Å²) in [6.07, 6.45) is 3.54. The van der Waals surface area contributed by atoms with Gasteiger partial charge < -0.3 is 33.7 Å². The highest BCUT2D eigenvalue weighted by Crippen LogP contribution is 2.37. The Kier molecular flexibility index (Phi) is 8.94. The van der Waals surface area contributed by atoms with Crippen molar-refractivity contribution in [2.75, 3.05) is 59.4 Å². The Hall–Kier alpha value is -3.90. The summed E-state index contributed by atoms with van der Waals surface area (Å²) in [7, 11) is 0. The summed E-state index contributed by atoms with van der Waals surface area (Å²) in [5, 5.41) is 9.92. The average molecular weight is 592 g/mol. The van der Waals surface area contributed by atoms with Crippen molar-refractivity contribution in [3.63, 3.8) is 0 Å². The number of aromatic nitrogens is 1. The van der Waals surface area contributed by atoms with Gasteiger partial charge in [0.1, 0.15) is 0 Å². The zero-order chi connectivity index (χ0) is 29.8. The Balaban J connectivity index is 1.16. The van der Waals surface area contributed by atoms with Crippen LogP contribution in [-0.4, -0.2) is 97.0 Å². The zero-order valence-electron chi connectivity index (χ0n) is 24.3. The molecule has 0 unspecified atom stereocenters. The fourth-order valence-electron chi connectivity index (χ4n) is 5.86. The first-order valence-electron chi connectivity index (χ1n) is 14.7. The van der Waals surface area contributed by atoms with Crippen molar-refractivity contribution in [2.45, 2.75) is 32.1 Å². The second-order valence-electron chi connectivity index (χ2n) is 10.9. The van der Waals surface area contributed by atoms with Gasteiger partial charge in [-0.3, -0.25) is 19.1 Å². The van der Waals surface area contributed by atoms with E-state index in [2.05, 4.69) is 4.90 Å². The Morgan fingerprint density at radius 3 is 2.63 bits per heavy atom. The van der Waals surface area contributed by atoms with Crippen LogP contribution >= 0.6 is 0 Å². The monoisotopic (exact) mass is 591 g/mol. The minimum atomic E-state index is -0.668. The number of amides is 1. The van der Waals surface area contributed by atoms with Gasteiger partial charge in [0.25, 0.3) is 5.91 Å². The van der Waals surface area contributed by atoms with Crippen molar-refractivity contribution in [2.24, 2.45) is 0 Å². The van der Waals surface area contributed by atoms with E-state index in [0.717, 1.165) is 53.2 Å². The Labute approximate surface area is 250 Å². The van der Waals surface area contributed by atoms with Gasteiger partial charge in [0, 0.05) is 63.6 Å². The molecule has 4 heterocycles. The van der Waals surface area contributed by atoms with Gasteiger partial charge in [-0.2, -0.15) is 0 Å². The van der Waals surface area contributed by atoms with E-state index in [1.165, 1.54) is 6.92 Å². The molecule has 1 saturated heterocycles. The maximum Gasteiger partial charge on any atom is 0.288 e. The number of piperazine rings is 1. The molecule has 3 aliphatic heterocycles. The van der Waals surface area contributed by atoms with E-state index in [-0.39, 0.29) is 50.1 Å². The van der Waals surface area contributed by atoms with Gasteiger partial charge in [-0.1, -0.05) is 24.3 Å². The molecule has 0 spiro atoms. The molecule has 0 saturated carbocycles. The Bertz CT molecular complexity index is 1490. The highest BCUT2D eigenvalue weighted by atomic mass is 16.7. The highest BCUT2D eigenvalue weighted by Gasteiger charge is 2.33. The number of ether oxygens (including phenoxy) is 5. The predicted molar refractivity (Wildman–Crippen MR) is 157 cm³/mol. The second kappa shape index (κ2) is 13.2. The van der Waals surface area contributed by atoms with Crippen LogP contribution in [0, 0.1) is 0 Å². The minimum absolute atomic E-state index is 0.0619. The number of hydrogen-bond acceptors (Lipinski definition) is 9. The lowest BCUT2D eigenvalue weighted by Crippen LogP contribution is -2.49. The third kappa shape index (κ3) is 6.54. The molecule has 0 bridgehead atoms. The number of carbonyl (C=O) groups is 2. The van der Waals surface area contributed by atoms with Crippen LogP contribution in [0.4, 0.5) is 0 Å². The quantitative estimate of drug-likeness (QED) is 0.356. The molecule has 3 aliphatic rings. The standard InChI is InChI=1S/C32H37N3O8/c1-22(37)35-20-26(25-4-2-3-5-27(25)35)24-17-30(43-31(18-24)40-15-14-39-13-12-36)32(38)34-10-8-33(9-11-34)19-23-6-7-28-29(16-23)42-21-41-28/h2-7,16-17,20,24,31,36H,8-15,18-19,21H2,1H3/t24-,31+/m0/s1. The number of rotatable bonds is 10. The topological polar surface area (TPSA) is 112 Å². The van der Waals surface area contributed by atoms with Crippen molar-refractivity contribution < 1.29 is 38.4 Å². The molecular formula is C32H37N3O8. The first kappa shape index (κ1) is 29.2. The molecule has 0 aliphatic carbocycles. The SMILES string of the molecule is CC(=O)n1cc([C@H]2C=C(C(=O)N3CCN(Cc4ccc5c(c4)OCO5)CC3)O[C@@H](OCCOCCO)C2)c2ccccc21. The van der Waals surface area contributed by atoms with Crippen LogP contribution in [0.2, 0.25) is 0 Å². The van der Waals surface area contributed by atoms with E-state index in [4.69, 9.17) is 28.8 Å². The van der Waals surface area contributed by atoms with E-state index < -0.39 is 6.29 Å². The molecule has 0 radical (unpaired) electrons. The van der Waals surface area contributed by atoms with Crippen LogP contribution in [0.5, 0.6) is 11.5 Å². The van der Waals surface area contributed by atoms with Gasteiger partial charge >= 0.3 is 0 Å². The molecular weight excluding hydrogens is 554 g/mol. The lowest BCUT2D eigenvalue weighted by Gasteiger charge is -2.36. The van der Waals surface area contributed by atoms with E-state index in [1.807, 2.05) is 59.6 Å². The summed E-state index contributed by atoms with van der Waals surface area (Å²) in [5.41, 5.74) is 2.90. The predicted octanol–water partition coefficient (Wildman–Crippen LogP) is 3.11. The molecule has 1 amide bonds. The van der Waals surface area contributed by atoms with Crippen LogP contribution in [0.3, 0.4) is 0 Å². The molecule has 1 fully saturated rings. The maximum absolute atomic E-state index is 13.8. The number of nitrogens with zero attached hydrogens (tertiary/aromatic N) is 3. The largest absolute Gasteiger partial charge is 0.459 e. The van der Waals surface area contributed by atoms with Crippen molar-refractivity contribution in [1.82, 2.24) is 14.4 Å². The van der Waals surface area contributed by atoms with Gasteiger partial charge in [-0.15, -0.1) is 0 Å². The lowest BCUT2D eigenvalue weighted by atomic mass is 9.92.